The summed E-state index contributed by atoms with van der Waals surface area (Å²) in [5.41, 5.74) is -0.397. The van der Waals surface area contributed by atoms with E-state index < -0.39 is 21.8 Å². The maximum Gasteiger partial charge on any atom is 0.416 e. The number of halogens is 3. The maximum absolute atomic E-state index is 12.9. The Morgan fingerprint density at radius 3 is 2.37 bits per heavy atom. The summed E-state index contributed by atoms with van der Waals surface area (Å²) in [7, 11) is -3.63. The molecule has 1 aliphatic rings. The highest BCUT2D eigenvalue weighted by Gasteiger charge is 2.33. The van der Waals surface area contributed by atoms with E-state index in [0.717, 1.165) is 12.1 Å². The third-order valence-electron chi connectivity index (χ3n) is 5.01. The van der Waals surface area contributed by atoms with E-state index in [1.54, 1.807) is 30.3 Å². The van der Waals surface area contributed by atoms with Crippen LogP contribution in [0.3, 0.4) is 0 Å². The molecule has 0 bridgehead atoms. The highest BCUT2D eigenvalue weighted by atomic mass is 32.2. The lowest BCUT2D eigenvalue weighted by Crippen LogP contribution is -2.39. The summed E-state index contributed by atoms with van der Waals surface area (Å²) in [4.78, 5) is 0.224. The number of hydrogen-bond acceptors (Lipinski definition) is 5. The van der Waals surface area contributed by atoms with Crippen molar-refractivity contribution in [1.29, 1.82) is 0 Å². The number of hydrogen-bond donors (Lipinski definition) is 0. The quantitative estimate of drug-likeness (QED) is 0.608. The molecule has 10 heteroatoms. The van der Waals surface area contributed by atoms with Gasteiger partial charge in [0.2, 0.25) is 21.8 Å². The lowest BCUT2D eigenvalue weighted by Gasteiger charge is -2.30. The average Bonchev–Trinajstić information content (AvgIpc) is 3.24. The zero-order valence-corrected chi connectivity index (χ0v) is 16.5. The minimum Gasteiger partial charge on any atom is -0.420 e. The smallest absolute Gasteiger partial charge is 0.416 e. The monoisotopic (exact) mass is 437 g/mol. The Labute approximate surface area is 171 Å². The predicted octanol–water partition coefficient (Wildman–Crippen LogP) is 4.32. The molecule has 0 aliphatic carbocycles. The molecule has 0 saturated carbocycles. The first-order chi connectivity index (χ1) is 14.2. The second-order valence-electron chi connectivity index (χ2n) is 7.04. The second-order valence-corrected chi connectivity index (χ2v) is 8.97. The molecule has 2 heterocycles. The Hall–Kier alpha value is -2.72. The Balaban J connectivity index is 1.52. The lowest BCUT2D eigenvalue weighted by molar-refractivity contribution is -0.137. The molecule has 0 N–H and O–H groups in total. The number of aromatic nitrogens is 2. The summed E-state index contributed by atoms with van der Waals surface area (Å²) in [5.74, 6) is 0.0903. The van der Waals surface area contributed by atoms with Crippen molar-refractivity contribution in [2.75, 3.05) is 13.1 Å². The molecule has 1 saturated heterocycles. The van der Waals surface area contributed by atoms with Gasteiger partial charge in [0.1, 0.15) is 0 Å². The van der Waals surface area contributed by atoms with Gasteiger partial charge >= 0.3 is 6.18 Å². The van der Waals surface area contributed by atoms with Crippen LogP contribution in [0.15, 0.2) is 63.9 Å². The highest BCUT2D eigenvalue weighted by Crippen LogP contribution is 2.33. The fourth-order valence-corrected chi connectivity index (χ4v) is 4.97. The first kappa shape index (κ1) is 20.5. The largest absolute Gasteiger partial charge is 0.420 e. The SMILES string of the molecule is O=S(=O)(c1ccccc1)N1CCCC(c2nnc(-c3ccc(C(F)(F)F)cc3)o2)C1. The summed E-state index contributed by atoms with van der Waals surface area (Å²) in [6, 6.07) is 12.6. The summed E-state index contributed by atoms with van der Waals surface area (Å²) in [6.07, 6.45) is -3.11. The Morgan fingerprint density at radius 2 is 1.70 bits per heavy atom. The minimum absolute atomic E-state index is 0.0989. The Kier molecular flexibility index (Phi) is 5.37. The van der Waals surface area contributed by atoms with Crippen LogP contribution in [0.1, 0.15) is 30.2 Å². The van der Waals surface area contributed by atoms with Gasteiger partial charge in [0, 0.05) is 18.7 Å². The van der Waals surface area contributed by atoms with Crippen LogP contribution in [0.25, 0.3) is 11.5 Å². The molecule has 1 fully saturated rings. The van der Waals surface area contributed by atoms with Crippen LogP contribution in [0.2, 0.25) is 0 Å². The van der Waals surface area contributed by atoms with Gasteiger partial charge in [0.25, 0.3) is 0 Å². The molecule has 1 unspecified atom stereocenters. The van der Waals surface area contributed by atoms with Crippen LogP contribution in [-0.2, 0) is 16.2 Å². The second kappa shape index (κ2) is 7.84. The van der Waals surface area contributed by atoms with E-state index >= 15 is 0 Å². The molecular formula is C20H18F3N3O3S. The third kappa shape index (κ3) is 4.10. The molecule has 1 atom stereocenters. The van der Waals surface area contributed by atoms with Crippen molar-refractivity contribution in [2.24, 2.45) is 0 Å². The molecule has 6 nitrogen and oxygen atoms in total. The Morgan fingerprint density at radius 1 is 1.00 bits per heavy atom. The van der Waals surface area contributed by atoms with Crippen molar-refractivity contribution >= 4 is 10.0 Å². The van der Waals surface area contributed by atoms with Crippen molar-refractivity contribution in [3.8, 4) is 11.5 Å². The van der Waals surface area contributed by atoms with Gasteiger partial charge in [-0.25, -0.2) is 8.42 Å². The van der Waals surface area contributed by atoms with Gasteiger partial charge in [0.15, 0.2) is 0 Å². The first-order valence-electron chi connectivity index (χ1n) is 9.31. The van der Waals surface area contributed by atoms with Crippen LogP contribution >= 0.6 is 0 Å². The van der Waals surface area contributed by atoms with Gasteiger partial charge in [-0.05, 0) is 49.2 Å². The van der Waals surface area contributed by atoms with Gasteiger partial charge in [-0.3, -0.25) is 0 Å². The van der Waals surface area contributed by atoms with Crippen molar-refractivity contribution in [2.45, 2.75) is 29.8 Å². The lowest BCUT2D eigenvalue weighted by atomic mass is 10.00. The molecule has 2 aromatic carbocycles. The number of nitrogens with zero attached hydrogens (tertiary/aromatic N) is 3. The average molecular weight is 437 g/mol. The molecule has 158 valence electrons. The van der Waals surface area contributed by atoms with Crippen LogP contribution in [0.4, 0.5) is 13.2 Å². The van der Waals surface area contributed by atoms with Crippen LogP contribution in [-0.4, -0.2) is 36.0 Å². The van der Waals surface area contributed by atoms with Gasteiger partial charge in [0.05, 0.1) is 16.4 Å². The van der Waals surface area contributed by atoms with Crippen LogP contribution < -0.4 is 0 Å². The maximum atomic E-state index is 12.9. The minimum atomic E-state index is -4.42. The van der Waals surface area contributed by atoms with E-state index in [0.29, 0.717) is 24.9 Å². The van der Waals surface area contributed by atoms with Crippen molar-refractivity contribution in [1.82, 2.24) is 14.5 Å². The van der Waals surface area contributed by atoms with Gasteiger partial charge in [-0.2, -0.15) is 17.5 Å². The zero-order valence-electron chi connectivity index (χ0n) is 15.7. The summed E-state index contributed by atoms with van der Waals surface area (Å²) >= 11 is 0. The van der Waals surface area contributed by atoms with E-state index in [4.69, 9.17) is 4.42 Å². The zero-order chi connectivity index (χ0) is 21.4. The van der Waals surface area contributed by atoms with E-state index in [-0.39, 0.29) is 29.1 Å². The van der Waals surface area contributed by atoms with Crippen molar-refractivity contribution in [3.63, 3.8) is 0 Å². The number of alkyl halides is 3. The molecule has 0 radical (unpaired) electrons. The number of benzene rings is 2. The van der Waals surface area contributed by atoms with E-state index in [9.17, 15) is 21.6 Å². The molecular weight excluding hydrogens is 419 g/mol. The molecule has 1 aliphatic heterocycles. The highest BCUT2D eigenvalue weighted by molar-refractivity contribution is 7.89. The molecule has 1 aromatic heterocycles. The van der Waals surface area contributed by atoms with E-state index in [1.165, 1.54) is 16.4 Å². The number of rotatable bonds is 4. The molecule has 30 heavy (non-hydrogen) atoms. The van der Waals surface area contributed by atoms with Crippen molar-refractivity contribution < 1.29 is 26.0 Å². The van der Waals surface area contributed by atoms with Crippen molar-refractivity contribution in [3.05, 3.63) is 66.1 Å². The normalized spacial score (nSPS) is 18.4. The number of piperidine rings is 1. The number of sulfonamides is 1. The summed E-state index contributed by atoms with van der Waals surface area (Å²) in [5, 5.41) is 7.95. The molecule has 3 aromatic rings. The van der Waals surface area contributed by atoms with Gasteiger partial charge in [-0.1, -0.05) is 18.2 Å². The van der Waals surface area contributed by atoms with Crippen LogP contribution in [0.5, 0.6) is 0 Å². The van der Waals surface area contributed by atoms with Crippen LogP contribution in [0, 0.1) is 0 Å². The van der Waals surface area contributed by atoms with Gasteiger partial charge < -0.3 is 4.42 Å². The summed E-state index contributed by atoms with van der Waals surface area (Å²) < 4.78 is 71.0. The molecule has 4 rings (SSSR count). The van der Waals surface area contributed by atoms with E-state index in [1.807, 2.05) is 0 Å². The summed E-state index contributed by atoms with van der Waals surface area (Å²) in [6.45, 7) is 0.597. The molecule has 0 amide bonds. The molecule has 0 spiro atoms. The first-order valence-corrected chi connectivity index (χ1v) is 10.8. The fourth-order valence-electron chi connectivity index (χ4n) is 3.42. The third-order valence-corrected chi connectivity index (χ3v) is 6.89. The van der Waals surface area contributed by atoms with Gasteiger partial charge in [-0.15, -0.1) is 10.2 Å². The fraction of sp³-hybridized carbons (Fsp3) is 0.300. The predicted molar refractivity (Wildman–Crippen MR) is 102 cm³/mol. The van der Waals surface area contributed by atoms with E-state index in [2.05, 4.69) is 10.2 Å². The topological polar surface area (TPSA) is 76.3 Å². The standard InChI is InChI=1S/C20H18F3N3O3S/c21-20(22,23)16-10-8-14(9-11-16)18-24-25-19(29-18)15-5-4-12-26(13-15)30(27,28)17-6-2-1-3-7-17/h1-3,6-11,15H,4-5,12-13H2. The Bertz CT molecular complexity index is 1110.